The van der Waals surface area contributed by atoms with E-state index in [0.29, 0.717) is 18.6 Å². The van der Waals surface area contributed by atoms with Crippen molar-refractivity contribution >= 4 is 5.91 Å². The molecule has 110 valence electrons. The van der Waals surface area contributed by atoms with Crippen molar-refractivity contribution in [3.63, 3.8) is 0 Å². The average Bonchev–Trinajstić information content (AvgIpc) is 2.39. The maximum Gasteiger partial charge on any atom is 0.258 e. The van der Waals surface area contributed by atoms with Crippen molar-refractivity contribution in [3.8, 4) is 0 Å². The first kappa shape index (κ1) is 14.6. The first-order valence-electron chi connectivity index (χ1n) is 7.09. The van der Waals surface area contributed by atoms with Crippen LogP contribution in [0.5, 0.6) is 0 Å². The van der Waals surface area contributed by atoms with Crippen LogP contribution in [0, 0.1) is 16.0 Å². The lowest BCUT2D eigenvalue weighted by Gasteiger charge is -2.35. The predicted molar refractivity (Wildman–Crippen MR) is 73.3 cm³/mol. The Labute approximate surface area is 118 Å². The minimum atomic E-state index is -0.391. The zero-order chi connectivity index (χ0) is 14.7. The molecular formula is C14H20N2O4. The van der Waals surface area contributed by atoms with Gasteiger partial charge in [0.15, 0.2) is 6.61 Å². The van der Waals surface area contributed by atoms with E-state index in [4.69, 9.17) is 4.74 Å². The number of nitrogens with one attached hydrogen (secondary N) is 1. The summed E-state index contributed by atoms with van der Waals surface area (Å²) in [5.41, 5.74) is 0.978. The largest absolute Gasteiger partial charge is 0.486 e. The van der Waals surface area contributed by atoms with Gasteiger partial charge in [0.05, 0.1) is 16.9 Å². The number of nitrogens with zero attached hydrogens (tertiary/aromatic N) is 1. The van der Waals surface area contributed by atoms with Crippen molar-refractivity contribution in [2.24, 2.45) is 5.92 Å². The molecule has 1 heterocycles. The molecule has 2 aliphatic rings. The number of hydrogen-bond acceptors (Lipinski definition) is 4. The molecular weight excluding hydrogens is 260 g/mol. The molecule has 0 saturated carbocycles. The first-order chi connectivity index (χ1) is 9.58. The zero-order valence-electron chi connectivity index (χ0n) is 11.8. The van der Waals surface area contributed by atoms with E-state index in [1.54, 1.807) is 6.08 Å². The Kier molecular flexibility index (Phi) is 4.42. The number of morpholine rings is 1. The lowest BCUT2D eigenvalue weighted by molar-refractivity contribution is -0.436. The summed E-state index contributed by atoms with van der Waals surface area (Å²) in [6, 6.07) is -0.391. The minimum Gasteiger partial charge on any atom is -0.486 e. The van der Waals surface area contributed by atoms with Gasteiger partial charge in [-0.15, -0.1) is 0 Å². The summed E-state index contributed by atoms with van der Waals surface area (Å²) in [6.45, 7) is 3.97. The number of carbonyl (C=O) groups excluding carboxylic acids is 1. The maximum absolute atomic E-state index is 11.5. The molecule has 1 fully saturated rings. The van der Waals surface area contributed by atoms with Gasteiger partial charge in [-0.05, 0) is 18.9 Å². The highest BCUT2D eigenvalue weighted by atomic mass is 16.6. The van der Waals surface area contributed by atoms with E-state index in [9.17, 15) is 14.9 Å². The van der Waals surface area contributed by atoms with Crippen molar-refractivity contribution in [1.82, 2.24) is 5.32 Å². The lowest BCUT2D eigenvalue weighted by atomic mass is 9.82. The molecule has 0 aromatic heterocycles. The maximum atomic E-state index is 11.5. The second-order valence-corrected chi connectivity index (χ2v) is 5.19. The van der Waals surface area contributed by atoms with Crippen LogP contribution in [0.3, 0.4) is 0 Å². The van der Waals surface area contributed by atoms with Crippen molar-refractivity contribution in [2.75, 3.05) is 6.61 Å². The van der Waals surface area contributed by atoms with Gasteiger partial charge in [0.25, 0.3) is 11.6 Å². The number of rotatable bonds is 5. The third kappa shape index (κ3) is 2.69. The van der Waals surface area contributed by atoms with E-state index in [2.05, 4.69) is 5.32 Å². The summed E-state index contributed by atoms with van der Waals surface area (Å²) in [5.74, 6) is 0.146. The minimum absolute atomic E-state index is 0.00557. The van der Waals surface area contributed by atoms with E-state index < -0.39 is 6.04 Å². The van der Waals surface area contributed by atoms with Gasteiger partial charge in [-0.25, -0.2) is 0 Å². The van der Waals surface area contributed by atoms with Crippen LogP contribution in [0.15, 0.2) is 23.1 Å². The fourth-order valence-corrected chi connectivity index (χ4v) is 2.93. The molecule has 0 aromatic carbocycles. The van der Waals surface area contributed by atoms with Crippen LogP contribution in [0.4, 0.5) is 0 Å². The molecule has 2 rings (SSSR count). The van der Waals surface area contributed by atoms with Crippen LogP contribution in [-0.2, 0) is 9.53 Å². The summed E-state index contributed by atoms with van der Waals surface area (Å²) < 4.78 is 5.47. The fourth-order valence-electron chi connectivity index (χ4n) is 2.93. The van der Waals surface area contributed by atoms with Gasteiger partial charge in [0.2, 0.25) is 0 Å². The molecule has 2 atom stereocenters. The molecule has 0 bridgehead atoms. The number of nitro groups is 1. The molecule has 6 nitrogen and oxygen atoms in total. The molecule has 1 aliphatic heterocycles. The molecule has 6 heteroatoms. The Hall–Kier alpha value is -1.85. The Bertz CT molecular complexity index is 482. The highest BCUT2D eigenvalue weighted by molar-refractivity contribution is 5.79. The van der Waals surface area contributed by atoms with Gasteiger partial charge < -0.3 is 10.1 Å². The van der Waals surface area contributed by atoms with Crippen LogP contribution in [0.25, 0.3) is 0 Å². The van der Waals surface area contributed by atoms with E-state index in [1.165, 1.54) is 0 Å². The molecule has 0 aromatic rings. The first-order valence-corrected chi connectivity index (χ1v) is 7.09. The third-order valence-corrected chi connectivity index (χ3v) is 3.71. The smallest absolute Gasteiger partial charge is 0.258 e. The molecule has 1 amide bonds. The summed E-state index contributed by atoms with van der Waals surface area (Å²) in [7, 11) is 0. The number of ether oxygens (including phenoxy) is 1. The summed E-state index contributed by atoms with van der Waals surface area (Å²) >= 11 is 0. The van der Waals surface area contributed by atoms with Gasteiger partial charge in [-0.2, -0.15) is 0 Å². The highest BCUT2D eigenvalue weighted by Crippen LogP contribution is 2.36. The van der Waals surface area contributed by atoms with Gasteiger partial charge >= 0.3 is 0 Å². The lowest BCUT2D eigenvalue weighted by Crippen LogP contribution is -2.50. The van der Waals surface area contributed by atoms with Crippen molar-refractivity contribution in [3.05, 3.63) is 33.2 Å². The number of carbonyl (C=O) groups is 1. The number of fused-ring (bicyclic) bond motifs is 1. The molecule has 0 radical (unpaired) electrons. The standard InChI is InChI=1S/C14H20N2O4/c1-3-5-9-7-11-13(15-12(17)8-20-11)10(6-4-2)14(9)16(18)19/h7,10,13H,3-6,8H2,1-2H3,(H,15,17). The van der Waals surface area contributed by atoms with E-state index in [-0.39, 0.29) is 29.1 Å². The SMILES string of the molecule is CCCC1=C([N+](=O)[O-])C(CCC)C2NC(=O)COC2=C1. The second kappa shape index (κ2) is 6.07. The van der Waals surface area contributed by atoms with Crippen molar-refractivity contribution in [1.29, 1.82) is 0 Å². The Morgan fingerprint density at radius 2 is 2.20 bits per heavy atom. The average molecular weight is 280 g/mol. The quantitative estimate of drug-likeness (QED) is 0.618. The monoisotopic (exact) mass is 280 g/mol. The molecule has 1 aliphatic carbocycles. The summed E-state index contributed by atoms with van der Waals surface area (Å²) in [4.78, 5) is 22.7. The van der Waals surface area contributed by atoms with Crippen LogP contribution < -0.4 is 5.32 Å². The van der Waals surface area contributed by atoms with Crippen molar-refractivity contribution in [2.45, 2.75) is 45.6 Å². The summed E-state index contributed by atoms with van der Waals surface area (Å²) in [6.07, 6.45) is 4.73. The highest BCUT2D eigenvalue weighted by Gasteiger charge is 2.43. The van der Waals surface area contributed by atoms with Gasteiger partial charge in [0.1, 0.15) is 5.76 Å². The van der Waals surface area contributed by atoms with Crippen LogP contribution in [0.1, 0.15) is 39.5 Å². The Balaban J connectivity index is 2.44. The van der Waals surface area contributed by atoms with Gasteiger partial charge in [0, 0.05) is 5.57 Å². The molecule has 2 unspecified atom stereocenters. The normalized spacial score (nSPS) is 25.5. The van der Waals surface area contributed by atoms with E-state index in [1.807, 2.05) is 13.8 Å². The van der Waals surface area contributed by atoms with E-state index >= 15 is 0 Å². The van der Waals surface area contributed by atoms with Gasteiger partial charge in [-0.3, -0.25) is 14.9 Å². The fraction of sp³-hybridized carbons (Fsp3) is 0.643. The van der Waals surface area contributed by atoms with Gasteiger partial charge in [-0.1, -0.05) is 26.7 Å². The van der Waals surface area contributed by atoms with Crippen LogP contribution >= 0.6 is 0 Å². The second-order valence-electron chi connectivity index (χ2n) is 5.19. The third-order valence-electron chi connectivity index (χ3n) is 3.71. The van der Waals surface area contributed by atoms with Crippen LogP contribution in [-0.4, -0.2) is 23.5 Å². The molecule has 1 saturated heterocycles. The Morgan fingerprint density at radius 1 is 1.45 bits per heavy atom. The molecule has 20 heavy (non-hydrogen) atoms. The van der Waals surface area contributed by atoms with Crippen LogP contribution in [0.2, 0.25) is 0 Å². The topological polar surface area (TPSA) is 81.5 Å². The van der Waals surface area contributed by atoms with E-state index in [0.717, 1.165) is 18.4 Å². The Morgan fingerprint density at radius 3 is 2.80 bits per heavy atom. The zero-order valence-corrected chi connectivity index (χ0v) is 11.8. The number of allylic oxidation sites excluding steroid dienone is 2. The van der Waals surface area contributed by atoms with Crippen molar-refractivity contribution < 1.29 is 14.5 Å². The molecule has 1 N–H and O–H groups in total. The number of amides is 1. The summed E-state index contributed by atoms with van der Waals surface area (Å²) in [5, 5.41) is 14.3. The molecule has 0 spiro atoms. The predicted octanol–water partition coefficient (Wildman–Crippen LogP) is 2.15. The number of hydrogen-bond donors (Lipinski definition) is 1.